The van der Waals surface area contributed by atoms with Gasteiger partial charge in [0.15, 0.2) is 11.5 Å². The number of amides is 1. The highest BCUT2D eigenvalue weighted by molar-refractivity contribution is 7.92. The zero-order valence-electron chi connectivity index (χ0n) is 19.6. The summed E-state index contributed by atoms with van der Waals surface area (Å²) in [4.78, 5) is 26.8. The Hall–Kier alpha value is -3.41. The Morgan fingerprint density at radius 3 is 2.69 bits per heavy atom. The summed E-state index contributed by atoms with van der Waals surface area (Å²) in [5.41, 5.74) is 8.64. The Morgan fingerprint density at radius 1 is 1.14 bits per heavy atom. The molecule has 12 heteroatoms. The van der Waals surface area contributed by atoms with Gasteiger partial charge in [0.05, 0.1) is 24.9 Å². The third kappa shape index (κ3) is 4.38. The molecule has 5 rings (SSSR count). The maximum absolute atomic E-state index is 12.6. The SMILES string of the molecule is CS(=O)(=O)N1CC2(CCN(C(=O)OCCCCn3cnc4c(N)ncnc43)CC2)c2ccccc21. The highest BCUT2D eigenvalue weighted by Crippen LogP contribution is 2.47. The molecule has 0 bridgehead atoms. The molecule has 11 nitrogen and oxygen atoms in total. The van der Waals surface area contributed by atoms with E-state index in [1.165, 1.54) is 16.9 Å². The van der Waals surface area contributed by atoms with E-state index in [0.717, 1.165) is 17.7 Å². The first-order chi connectivity index (χ1) is 16.8. The molecule has 1 saturated heterocycles. The van der Waals surface area contributed by atoms with E-state index in [-0.39, 0.29) is 11.5 Å². The predicted molar refractivity (Wildman–Crippen MR) is 131 cm³/mol. The van der Waals surface area contributed by atoms with E-state index in [2.05, 4.69) is 15.0 Å². The van der Waals surface area contributed by atoms with Gasteiger partial charge in [0.25, 0.3) is 0 Å². The van der Waals surface area contributed by atoms with Crippen molar-refractivity contribution in [1.82, 2.24) is 24.4 Å². The summed E-state index contributed by atoms with van der Waals surface area (Å²) in [6, 6.07) is 7.68. The largest absolute Gasteiger partial charge is 0.449 e. The van der Waals surface area contributed by atoms with Crippen LogP contribution in [0.5, 0.6) is 0 Å². The molecule has 2 aliphatic heterocycles. The molecule has 0 saturated carbocycles. The lowest BCUT2D eigenvalue weighted by atomic mass is 9.74. The van der Waals surface area contributed by atoms with Crippen LogP contribution < -0.4 is 10.0 Å². The number of rotatable bonds is 6. The smallest absolute Gasteiger partial charge is 0.409 e. The number of hydrogen-bond donors (Lipinski definition) is 1. The van der Waals surface area contributed by atoms with Gasteiger partial charge >= 0.3 is 6.09 Å². The fraction of sp³-hybridized carbons (Fsp3) is 0.478. The van der Waals surface area contributed by atoms with Gasteiger partial charge in [-0.2, -0.15) is 0 Å². The van der Waals surface area contributed by atoms with E-state index in [1.54, 1.807) is 11.2 Å². The summed E-state index contributed by atoms with van der Waals surface area (Å²) in [5.74, 6) is 0.358. The van der Waals surface area contributed by atoms with Crippen LogP contribution in [0.2, 0.25) is 0 Å². The Bertz CT molecular complexity index is 1350. The van der Waals surface area contributed by atoms with E-state index < -0.39 is 10.0 Å². The Kier molecular flexibility index (Phi) is 5.99. The summed E-state index contributed by atoms with van der Waals surface area (Å²) < 4.78 is 33.6. The van der Waals surface area contributed by atoms with E-state index in [0.29, 0.717) is 69.0 Å². The molecule has 0 atom stereocenters. The van der Waals surface area contributed by atoms with Crippen LogP contribution in [0.1, 0.15) is 31.2 Å². The van der Waals surface area contributed by atoms with Gasteiger partial charge in [-0.05, 0) is 37.3 Å². The van der Waals surface area contributed by atoms with Gasteiger partial charge in [0.2, 0.25) is 10.0 Å². The van der Waals surface area contributed by atoms with Gasteiger partial charge in [0, 0.05) is 31.6 Å². The van der Waals surface area contributed by atoms with Crippen molar-refractivity contribution in [2.24, 2.45) is 0 Å². The van der Waals surface area contributed by atoms with Crippen LogP contribution in [0.4, 0.5) is 16.3 Å². The Morgan fingerprint density at radius 2 is 1.91 bits per heavy atom. The van der Waals surface area contributed by atoms with Gasteiger partial charge < -0.3 is 19.9 Å². The minimum atomic E-state index is -3.36. The number of benzene rings is 1. The van der Waals surface area contributed by atoms with Crippen LogP contribution >= 0.6 is 0 Å². The van der Waals surface area contributed by atoms with Crippen molar-refractivity contribution >= 4 is 38.8 Å². The molecule has 186 valence electrons. The molecule has 1 fully saturated rings. The number of ether oxygens (including phenoxy) is 1. The van der Waals surface area contributed by atoms with Crippen molar-refractivity contribution in [2.45, 2.75) is 37.6 Å². The lowest BCUT2D eigenvalue weighted by Gasteiger charge is -2.39. The number of likely N-dealkylation sites (tertiary alicyclic amines) is 1. The van der Waals surface area contributed by atoms with Gasteiger partial charge in [-0.1, -0.05) is 18.2 Å². The quantitative estimate of drug-likeness (QED) is 0.510. The molecule has 0 radical (unpaired) electrons. The molecule has 4 heterocycles. The number of fused-ring (bicyclic) bond motifs is 3. The van der Waals surface area contributed by atoms with Crippen LogP contribution in [-0.2, 0) is 26.7 Å². The topological polar surface area (TPSA) is 137 Å². The second-order valence-electron chi connectivity index (χ2n) is 9.24. The van der Waals surface area contributed by atoms with Gasteiger partial charge in [-0.15, -0.1) is 0 Å². The highest BCUT2D eigenvalue weighted by Gasteiger charge is 2.47. The monoisotopic (exact) mass is 499 g/mol. The summed E-state index contributed by atoms with van der Waals surface area (Å²) in [6.07, 6.45) is 6.94. The number of aryl methyl sites for hydroxylation is 1. The normalized spacial score (nSPS) is 17.2. The third-order valence-electron chi connectivity index (χ3n) is 7.02. The maximum atomic E-state index is 12.6. The fourth-order valence-corrected chi connectivity index (χ4v) is 6.12. The van der Waals surface area contributed by atoms with E-state index >= 15 is 0 Å². The lowest BCUT2D eigenvalue weighted by molar-refractivity contribution is 0.0829. The predicted octanol–water partition coefficient (Wildman–Crippen LogP) is 2.14. The number of carbonyl (C=O) groups excluding carboxylic acids is 1. The number of nitrogens with two attached hydrogens (primary N) is 1. The number of hydrogen-bond acceptors (Lipinski definition) is 8. The van der Waals surface area contributed by atoms with Crippen molar-refractivity contribution < 1.29 is 17.9 Å². The zero-order chi connectivity index (χ0) is 24.6. The van der Waals surface area contributed by atoms with Crippen molar-refractivity contribution in [2.75, 3.05) is 42.5 Å². The molecule has 2 aromatic heterocycles. The molecule has 2 N–H and O–H groups in total. The molecule has 0 aliphatic carbocycles. The van der Waals surface area contributed by atoms with Gasteiger partial charge in [-0.3, -0.25) is 4.31 Å². The maximum Gasteiger partial charge on any atom is 0.409 e. The number of nitrogens with zero attached hydrogens (tertiary/aromatic N) is 6. The molecule has 0 unspecified atom stereocenters. The van der Waals surface area contributed by atoms with Gasteiger partial charge in [-0.25, -0.2) is 28.2 Å². The second-order valence-corrected chi connectivity index (χ2v) is 11.2. The average Bonchev–Trinajstić information content (AvgIpc) is 3.40. The number of imidazole rings is 1. The number of para-hydroxylation sites is 1. The number of unbranched alkanes of at least 4 members (excludes halogenated alkanes) is 1. The fourth-order valence-electron chi connectivity index (χ4n) is 5.12. The van der Waals surface area contributed by atoms with Crippen molar-refractivity contribution in [3.8, 4) is 0 Å². The minimum Gasteiger partial charge on any atom is -0.449 e. The number of piperidine rings is 1. The Labute approximate surface area is 204 Å². The Balaban J connectivity index is 1.11. The number of nitrogen functional groups attached to an aromatic ring is 1. The molecule has 3 aromatic rings. The molecular formula is C23H29N7O4S. The summed E-state index contributed by atoms with van der Waals surface area (Å²) >= 11 is 0. The number of carbonyl (C=O) groups is 1. The average molecular weight is 500 g/mol. The lowest BCUT2D eigenvalue weighted by Crippen LogP contribution is -2.47. The van der Waals surface area contributed by atoms with Crippen molar-refractivity contribution in [1.29, 1.82) is 0 Å². The van der Waals surface area contributed by atoms with Crippen LogP contribution in [0.25, 0.3) is 11.2 Å². The van der Waals surface area contributed by atoms with Crippen LogP contribution in [-0.4, -0.2) is 71.4 Å². The molecular weight excluding hydrogens is 470 g/mol. The third-order valence-corrected chi connectivity index (χ3v) is 8.14. The van der Waals surface area contributed by atoms with Crippen molar-refractivity contribution in [3.05, 3.63) is 42.5 Å². The first-order valence-electron chi connectivity index (χ1n) is 11.7. The van der Waals surface area contributed by atoms with E-state index in [9.17, 15) is 13.2 Å². The van der Waals surface area contributed by atoms with E-state index in [1.807, 2.05) is 28.8 Å². The summed E-state index contributed by atoms with van der Waals surface area (Å²) in [6.45, 7) is 2.51. The van der Waals surface area contributed by atoms with Crippen LogP contribution in [0.3, 0.4) is 0 Å². The summed E-state index contributed by atoms with van der Waals surface area (Å²) in [5, 5.41) is 0. The van der Waals surface area contributed by atoms with Crippen molar-refractivity contribution in [3.63, 3.8) is 0 Å². The number of aromatic nitrogens is 4. The molecule has 2 aliphatic rings. The minimum absolute atomic E-state index is 0.267. The summed E-state index contributed by atoms with van der Waals surface area (Å²) in [7, 11) is -3.36. The second kappa shape index (κ2) is 8.99. The van der Waals surface area contributed by atoms with Crippen LogP contribution in [0.15, 0.2) is 36.9 Å². The number of sulfonamides is 1. The zero-order valence-corrected chi connectivity index (χ0v) is 20.4. The molecule has 1 amide bonds. The molecule has 35 heavy (non-hydrogen) atoms. The number of anilines is 2. The molecule has 1 spiro atoms. The first kappa shape index (κ1) is 23.3. The molecule has 1 aromatic carbocycles. The van der Waals surface area contributed by atoms with Crippen LogP contribution in [0, 0.1) is 0 Å². The van der Waals surface area contributed by atoms with E-state index in [4.69, 9.17) is 10.5 Å². The van der Waals surface area contributed by atoms with Gasteiger partial charge in [0.1, 0.15) is 11.8 Å². The first-order valence-corrected chi connectivity index (χ1v) is 13.5. The highest BCUT2D eigenvalue weighted by atomic mass is 32.2. The standard InChI is InChI=1S/C23H29N7O4S/c1-35(32,33)30-14-23(17-6-2-3-7-18(17)30)8-11-28(12-9-23)22(31)34-13-5-4-10-29-16-27-19-20(24)25-15-26-21(19)29/h2-3,6-7,15-16H,4-5,8-14H2,1H3,(H2,24,25,26).